The van der Waals surface area contributed by atoms with Crippen LogP contribution in [0, 0.1) is 24.7 Å². The SMILES string of the molecule is Cc1ccc(C#CC2CN(C(=O)OC(C)(C)C)C2)c(C(F)(F)F)c1. The molecule has 1 aliphatic rings. The van der Waals surface area contributed by atoms with Crippen LogP contribution >= 0.6 is 0 Å². The largest absolute Gasteiger partial charge is 0.444 e. The Bertz CT molecular complexity index is 687. The van der Waals surface area contributed by atoms with Crippen LogP contribution in [0.25, 0.3) is 0 Å². The van der Waals surface area contributed by atoms with Crippen LogP contribution < -0.4 is 0 Å². The van der Waals surface area contributed by atoms with Crippen LogP contribution in [0.1, 0.15) is 37.5 Å². The molecule has 0 radical (unpaired) electrons. The number of benzene rings is 1. The van der Waals surface area contributed by atoms with Crippen LogP contribution in [0.5, 0.6) is 0 Å². The molecule has 0 atom stereocenters. The third-order valence-corrected chi connectivity index (χ3v) is 3.42. The van der Waals surface area contributed by atoms with Gasteiger partial charge in [-0.05, 0) is 39.8 Å². The Labute approximate surface area is 139 Å². The van der Waals surface area contributed by atoms with Crippen molar-refractivity contribution in [1.29, 1.82) is 0 Å². The van der Waals surface area contributed by atoms with Gasteiger partial charge in [0.15, 0.2) is 0 Å². The van der Waals surface area contributed by atoms with Gasteiger partial charge in [-0.2, -0.15) is 13.2 Å². The lowest BCUT2D eigenvalue weighted by molar-refractivity contribution is -0.137. The number of alkyl halides is 3. The first-order chi connectivity index (χ1) is 11.0. The Morgan fingerprint density at radius 1 is 1.25 bits per heavy atom. The topological polar surface area (TPSA) is 29.5 Å². The minimum absolute atomic E-state index is 0.0381. The maximum absolute atomic E-state index is 13.0. The maximum atomic E-state index is 13.0. The van der Waals surface area contributed by atoms with Crippen LogP contribution in [-0.4, -0.2) is 29.7 Å². The fraction of sp³-hybridized carbons (Fsp3) is 0.500. The van der Waals surface area contributed by atoms with Gasteiger partial charge in [0.2, 0.25) is 0 Å². The molecule has 2 rings (SSSR count). The van der Waals surface area contributed by atoms with E-state index in [1.165, 1.54) is 11.0 Å². The van der Waals surface area contributed by atoms with Gasteiger partial charge in [0.25, 0.3) is 0 Å². The van der Waals surface area contributed by atoms with Crippen molar-refractivity contribution in [3.63, 3.8) is 0 Å². The Morgan fingerprint density at radius 3 is 2.42 bits per heavy atom. The summed E-state index contributed by atoms with van der Waals surface area (Å²) >= 11 is 0. The lowest BCUT2D eigenvalue weighted by atomic mass is 9.99. The second-order valence-electron chi connectivity index (χ2n) is 6.90. The van der Waals surface area contributed by atoms with Gasteiger partial charge in [-0.3, -0.25) is 0 Å². The smallest absolute Gasteiger partial charge is 0.417 e. The van der Waals surface area contributed by atoms with Gasteiger partial charge in [0.1, 0.15) is 5.60 Å². The van der Waals surface area contributed by atoms with E-state index in [-0.39, 0.29) is 11.5 Å². The summed E-state index contributed by atoms with van der Waals surface area (Å²) in [5.41, 5.74) is -0.799. The van der Waals surface area contributed by atoms with Gasteiger partial charge in [0.05, 0.1) is 11.5 Å². The van der Waals surface area contributed by atoms with E-state index in [9.17, 15) is 18.0 Å². The van der Waals surface area contributed by atoms with Crippen LogP contribution in [-0.2, 0) is 10.9 Å². The van der Waals surface area contributed by atoms with Gasteiger partial charge < -0.3 is 9.64 Å². The fourth-order valence-corrected chi connectivity index (χ4v) is 2.23. The molecule has 0 spiro atoms. The van der Waals surface area contributed by atoms with E-state index in [4.69, 9.17) is 4.74 Å². The van der Waals surface area contributed by atoms with Crippen molar-refractivity contribution in [3.8, 4) is 11.8 Å². The maximum Gasteiger partial charge on any atom is 0.417 e. The molecule has 24 heavy (non-hydrogen) atoms. The zero-order valence-electron chi connectivity index (χ0n) is 14.1. The number of carbonyl (C=O) groups is 1. The number of likely N-dealkylation sites (tertiary alicyclic amines) is 1. The minimum atomic E-state index is -4.43. The standard InChI is InChI=1S/C18H20F3NO2/c1-12-5-7-14(15(9-12)18(19,20)21)8-6-13-10-22(11-13)16(23)24-17(2,3)4/h5,7,9,13H,10-11H2,1-4H3. The van der Waals surface area contributed by atoms with Crippen molar-refractivity contribution in [2.45, 2.75) is 39.5 Å². The second-order valence-corrected chi connectivity index (χ2v) is 6.90. The number of hydrogen-bond acceptors (Lipinski definition) is 2. The Balaban J connectivity index is 2.03. The van der Waals surface area contributed by atoms with Crippen molar-refractivity contribution in [2.75, 3.05) is 13.1 Å². The van der Waals surface area contributed by atoms with E-state index >= 15 is 0 Å². The zero-order chi connectivity index (χ0) is 18.1. The second kappa shape index (κ2) is 6.39. The number of carbonyl (C=O) groups excluding carboxylic acids is 1. The highest BCUT2D eigenvalue weighted by Crippen LogP contribution is 2.32. The van der Waals surface area contributed by atoms with Gasteiger partial charge >= 0.3 is 12.3 Å². The molecular formula is C18H20F3NO2. The molecule has 0 N–H and O–H groups in total. The molecule has 1 heterocycles. The molecular weight excluding hydrogens is 319 g/mol. The molecule has 130 valence electrons. The third-order valence-electron chi connectivity index (χ3n) is 3.42. The van der Waals surface area contributed by atoms with E-state index in [2.05, 4.69) is 11.8 Å². The number of hydrogen-bond donors (Lipinski definition) is 0. The quantitative estimate of drug-likeness (QED) is 0.662. The molecule has 1 fully saturated rings. The molecule has 0 bridgehead atoms. The predicted molar refractivity (Wildman–Crippen MR) is 84.4 cm³/mol. The van der Waals surface area contributed by atoms with Crippen LogP contribution in [0.2, 0.25) is 0 Å². The van der Waals surface area contributed by atoms with Crippen molar-refractivity contribution in [2.24, 2.45) is 5.92 Å². The predicted octanol–water partition coefficient (Wildman–Crippen LogP) is 4.23. The summed E-state index contributed by atoms with van der Waals surface area (Å²) in [5, 5.41) is 0. The Kier molecular flexibility index (Phi) is 4.84. The highest BCUT2D eigenvalue weighted by molar-refractivity contribution is 5.69. The summed E-state index contributed by atoms with van der Waals surface area (Å²) < 4.78 is 44.3. The molecule has 0 saturated carbocycles. The van der Waals surface area contributed by atoms with Gasteiger partial charge in [-0.25, -0.2) is 4.79 Å². The van der Waals surface area contributed by atoms with Crippen LogP contribution in [0.3, 0.4) is 0 Å². The van der Waals surface area contributed by atoms with E-state index in [1.807, 2.05) is 0 Å². The summed E-state index contributed by atoms with van der Waals surface area (Å²) in [7, 11) is 0. The Hall–Kier alpha value is -2.16. The van der Waals surface area contributed by atoms with Gasteiger partial charge in [-0.1, -0.05) is 23.5 Å². The van der Waals surface area contributed by atoms with Crippen molar-refractivity contribution < 1.29 is 22.7 Å². The normalized spacial score (nSPS) is 15.4. The summed E-state index contributed by atoms with van der Waals surface area (Å²) in [5.74, 6) is 5.28. The van der Waals surface area contributed by atoms with E-state index in [1.54, 1.807) is 33.8 Å². The number of halogens is 3. The van der Waals surface area contributed by atoms with Gasteiger partial charge in [0, 0.05) is 18.7 Å². The lowest BCUT2D eigenvalue weighted by Crippen LogP contribution is -2.51. The average molecular weight is 339 g/mol. The molecule has 6 heteroatoms. The lowest BCUT2D eigenvalue weighted by Gasteiger charge is -2.37. The first kappa shape index (κ1) is 18.2. The highest BCUT2D eigenvalue weighted by Gasteiger charge is 2.34. The first-order valence-electron chi connectivity index (χ1n) is 7.63. The molecule has 1 aromatic carbocycles. The van der Waals surface area contributed by atoms with Gasteiger partial charge in [-0.15, -0.1) is 0 Å². The number of amides is 1. The first-order valence-corrected chi connectivity index (χ1v) is 7.63. The molecule has 0 unspecified atom stereocenters. The Morgan fingerprint density at radius 2 is 1.88 bits per heavy atom. The molecule has 1 aromatic rings. The molecule has 1 aliphatic heterocycles. The summed E-state index contributed by atoms with van der Waals surface area (Å²) in [6.07, 6.45) is -4.86. The van der Waals surface area contributed by atoms with Crippen molar-refractivity contribution >= 4 is 6.09 Å². The van der Waals surface area contributed by atoms with Crippen molar-refractivity contribution in [3.05, 3.63) is 34.9 Å². The molecule has 0 aliphatic carbocycles. The van der Waals surface area contributed by atoms with E-state index < -0.39 is 23.4 Å². The molecule has 1 saturated heterocycles. The van der Waals surface area contributed by atoms with Crippen molar-refractivity contribution in [1.82, 2.24) is 4.90 Å². The number of ether oxygens (including phenoxy) is 1. The van der Waals surface area contributed by atoms with E-state index in [0.717, 1.165) is 6.07 Å². The number of rotatable bonds is 0. The van der Waals surface area contributed by atoms with E-state index in [0.29, 0.717) is 18.7 Å². The average Bonchev–Trinajstić information content (AvgIpc) is 2.35. The fourth-order valence-electron chi connectivity index (χ4n) is 2.23. The number of aryl methyl sites for hydroxylation is 1. The summed E-state index contributed by atoms with van der Waals surface area (Å²) in [6.45, 7) is 7.68. The van der Waals surface area contributed by atoms with Crippen LogP contribution in [0.4, 0.5) is 18.0 Å². The summed E-state index contributed by atoms with van der Waals surface area (Å²) in [6, 6.07) is 4.08. The highest BCUT2D eigenvalue weighted by atomic mass is 19.4. The minimum Gasteiger partial charge on any atom is -0.444 e. The molecule has 1 amide bonds. The third kappa shape index (κ3) is 4.67. The monoisotopic (exact) mass is 339 g/mol. The summed E-state index contributed by atoms with van der Waals surface area (Å²) in [4.78, 5) is 13.3. The zero-order valence-corrected chi connectivity index (χ0v) is 14.1. The molecule has 0 aromatic heterocycles. The number of nitrogens with zero attached hydrogens (tertiary/aromatic N) is 1. The van der Waals surface area contributed by atoms with Crippen LogP contribution in [0.15, 0.2) is 18.2 Å². The molecule has 3 nitrogen and oxygen atoms in total.